The van der Waals surface area contributed by atoms with Gasteiger partial charge in [-0.05, 0) is 23.4 Å². The van der Waals surface area contributed by atoms with Crippen molar-refractivity contribution < 1.29 is 9.90 Å². The highest BCUT2D eigenvalue weighted by Crippen LogP contribution is 2.24. The van der Waals surface area contributed by atoms with Crippen LogP contribution in [0.2, 0.25) is 0 Å². The van der Waals surface area contributed by atoms with Gasteiger partial charge in [-0.25, -0.2) is 0 Å². The average Bonchev–Trinajstić information content (AvgIpc) is 2.79. The van der Waals surface area contributed by atoms with Gasteiger partial charge in [0.25, 0.3) is 5.91 Å². The standard InChI is InChI=1S/C13H15NO2S/c1-9(8-15)7-14-13(16)12-6-10-4-2-3-5-11(10)17-12/h2-6,9,15H,7-8H2,1H3,(H,14,16). The van der Waals surface area contributed by atoms with Crippen LogP contribution in [-0.2, 0) is 0 Å². The van der Waals surface area contributed by atoms with E-state index in [0.717, 1.165) is 15.0 Å². The number of amides is 1. The molecule has 90 valence electrons. The first-order valence-corrected chi connectivity index (χ1v) is 6.40. The van der Waals surface area contributed by atoms with Crippen LogP contribution in [0.25, 0.3) is 10.1 Å². The van der Waals surface area contributed by atoms with Crippen molar-refractivity contribution in [1.29, 1.82) is 0 Å². The van der Waals surface area contributed by atoms with Gasteiger partial charge in [0.1, 0.15) is 0 Å². The van der Waals surface area contributed by atoms with Crippen molar-refractivity contribution in [3.05, 3.63) is 35.2 Å². The summed E-state index contributed by atoms with van der Waals surface area (Å²) in [6, 6.07) is 9.84. The van der Waals surface area contributed by atoms with Gasteiger partial charge in [0.05, 0.1) is 4.88 Å². The van der Waals surface area contributed by atoms with Crippen molar-refractivity contribution in [1.82, 2.24) is 5.32 Å². The Kier molecular flexibility index (Phi) is 3.76. The van der Waals surface area contributed by atoms with Crippen LogP contribution in [0, 0.1) is 5.92 Å². The van der Waals surface area contributed by atoms with E-state index in [2.05, 4.69) is 5.32 Å². The van der Waals surface area contributed by atoms with Gasteiger partial charge < -0.3 is 10.4 Å². The SMILES string of the molecule is CC(CO)CNC(=O)c1cc2ccccc2s1. The summed E-state index contributed by atoms with van der Waals surface area (Å²) in [6.45, 7) is 2.49. The normalized spacial score (nSPS) is 12.6. The molecule has 2 rings (SSSR count). The van der Waals surface area contributed by atoms with Crippen LogP contribution in [0.1, 0.15) is 16.6 Å². The number of benzene rings is 1. The van der Waals surface area contributed by atoms with Crippen molar-refractivity contribution in [3.8, 4) is 0 Å². The maximum absolute atomic E-state index is 11.9. The number of hydrogen-bond donors (Lipinski definition) is 2. The monoisotopic (exact) mass is 249 g/mol. The van der Waals surface area contributed by atoms with E-state index < -0.39 is 0 Å². The molecule has 2 N–H and O–H groups in total. The van der Waals surface area contributed by atoms with Crippen LogP contribution >= 0.6 is 11.3 Å². The Morgan fingerprint density at radius 1 is 1.47 bits per heavy atom. The molecule has 0 aliphatic rings. The first kappa shape index (κ1) is 12.1. The summed E-state index contributed by atoms with van der Waals surface area (Å²) in [4.78, 5) is 12.6. The van der Waals surface area contributed by atoms with Gasteiger partial charge in [-0.1, -0.05) is 25.1 Å². The molecule has 2 aromatic rings. The summed E-state index contributed by atoms with van der Waals surface area (Å²) in [5.74, 6) is 0.0276. The van der Waals surface area contributed by atoms with Gasteiger partial charge in [-0.2, -0.15) is 0 Å². The minimum Gasteiger partial charge on any atom is -0.396 e. The molecule has 1 unspecified atom stereocenters. The van der Waals surface area contributed by atoms with Crippen LogP contribution in [0.15, 0.2) is 30.3 Å². The van der Waals surface area contributed by atoms with Crippen LogP contribution in [0.5, 0.6) is 0 Å². The van der Waals surface area contributed by atoms with E-state index in [-0.39, 0.29) is 18.4 Å². The van der Waals surface area contributed by atoms with Gasteiger partial charge in [0, 0.05) is 17.9 Å². The third-order valence-corrected chi connectivity index (χ3v) is 3.69. The fourth-order valence-corrected chi connectivity index (χ4v) is 2.49. The predicted octanol–water partition coefficient (Wildman–Crippen LogP) is 2.26. The van der Waals surface area contributed by atoms with E-state index in [9.17, 15) is 4.79 Å². The fraction of sp³-hybridized carbons (Fsp3) is 0.308. The number of carbonyl (C=O) groups excluding carboxylic acids is 1. The Morgan fingerprint density at radius 3 is 2.94 bits per heavy atom. The molecule has 0 bridgehead atoms. The fourth-order valence-electron chi connectivity index (χ4n) is 1.51. The Hall–Kier alpha value is -1.39. The Labute approximate surface area is 104 Å². The van der Waals surface area contributed by atoms with E-state index in [1.165, 1.54) is 11.3 Å². The zero-order chi connectivity index (χ0) is 12.3. The first-order chi connectivity index (χ1) is 8.20. The molecule has 3 nitrogen and oxygen atoms in total. The first-order valence-electron chi connectivity index (χ1n) is 5.58. The van der Waals surface area contributed by atoms with Gasteiger partial charge >= 0.3 is 0 Å². The molecular weight excluding hydrogens is 234 g/mol. The molecule has 1 heterocycles. The van der Waals surface area contributed by atoms with Crippen LogP contribution in [0.3, 0.4) is 0 Å². The molecule has 0 aliphatic heterocycles. The second kappa shape index (κ2) is 5.29. The van der Waals surface area contributed by atoms with Crippen LogP contribution in [0.4, 0.5) is 0 Å². The zero-order valence-corrected chi connectivity index (χ0v) is 10.5. The summed E-state index contributed by atoms with van der Waals surface area (Å²) >= 11 is 1.49. The lowest BCUT2D eigenvalue weighted by Gasteiger charge is -2.08. The highest BCUT2D eigenvalue weighted by atomic mass is 32.1. The lowest BCUT2D eigenvalue weighted by atomic mass is 10.2. The third kappa shape index (κ3) is 2.84. The molecule has 1 atom stereocenters. The second-order valence-corrected chi connectivity index (χ2v) is 5.23. The van der Waals surface area contributed by atoms with E-state index in [1.807, 2.05) is 37.3 Å². The van der Waals surface area contributed by atoms with Crippen LogP contribution in [-0.4, -0.2) is 24.2 Å². The molecule has 1 aromatic heterocycles. The lowest BCUT2D eigenvalue weighted by Crippen LogP contribution is -2.28. The number of rotatable bonds is 4. The molecule has 0 aliphatic carbocycles. The predicted molar refractivity (Wildman–Crippen MR) is 70.4 cm³/mol. The number of carbonyl (C=O) groups is 1. The molecule has 17 heavy (non-hydrogen) atoms. The average molecular weight is 249 g/mol. The van der Waals surface area contributed by atoms with Gasteiger partial charge in [0.2, 0.25) is 0 Å². The molecular formula is C13H15NO2S. The number of aliphatic hydroxyl groups excluding tert-OH is 1. The van der Waals surface area contributed by atoms with E-state index in [1.54, 1.807) is 0 Å². The number of aliphatic hydroxyl groups is 1. The van der Waals surface area contributed by atoms with E-state index >= 15 is 0 Å². The van der Waals surface area contributed by atoms with Gasteiger partial charge in [-0.3, -0.25) is 4.79 Å². The minimum absolute atomic E-state index is 0.0634. The Morgan fingerprint density at radius 2 is 2.24 bits per heavy atom. The summed E-state index contributed by atoms with van der Waals surface area (Å²) < 4.78 is 1.12. The summed E-state index contributed by atoms with van der Waals surface area (Å²) in [7, 11) is 0. The molecule has 0 radical (unpaired) electrons. The topological polar surface area (TPSA) is 49.3 Å². The summed E-state index contributed by atoms with van der Waals surface area (Å²) in [6.07, 6.45) is 0. The molecule has 1 amide bonds. The number of hydrogen-bond acceptors (Lipinski definition) is 3. The van der Waals surface area contributed by atoms with Gasteiger partial charge in [0.15, 0.2) is 0 Å². The molecule has 4 heteroatoms. The summed E-state index contributed by atoms with van der Waals surface area (Å²) in [5.41, 5.74) is 0. The highest BCUT2D eigenvalue weighted by molar-refractivity contribution is 7.20. The molecule has 0 fully saturated rings. The number of fused-ring (bicyclic) bond motifs is 1. The molecule has 1 aromatic carbocycles. The summed E-state index contributed by atoms with van der Waals surface area (Å²) in [5, 5.41) is 12.8. The quantitative estimate of drug-likeness (QED) is 0.873. The van der Waals surface area contributed by atoms with Crippen molar-refractivity contribution in [2.75, 3.05) is 13.2 Å². The van der Waals surface area contributed by atoms with E-state index in [0.29, 0.717) is 6.54 Å². The largest absolute Gasteiger partial charge is 0.396 e. The number of nitrogens with one attached hydrogen (secondary N) is 1. The van der Waals surface area contributed by atoms with Crippen molar-refractivity contribution in [2.24, 2.45) is 5.92 Å². The van der Waals surface area contributed by atoms with Crippen molar-refractivity contribution in [3.63, 3.8) is 0 Å². The number of thiophene rings is 1. The molecule has 0 saturated carbocycles. The smallest absolute Gasteiger partial charge is 0.261 e. The minimum atomic E-state index is -0.0634. The van der Waals surface area contributed by atoms with Gasteiger partial charge in [-0.15, -0.1) is 11.3 Å². The van der Waals surface area contributed by atoms with Crippen molar-refractivity contribution in [2.45, 2.75) is 6.92 Å². The Bertz CT molecular complexity index is 488. The van der Waals surface area contributed by atoms with Crippen molar-refractivity contribution >= 4 is 27.3 Å². The second-order valence-electron chi connectivity index (χ2n) is 4.15. The third-order valence-electron chi connectivity index (χ3n) is 2.57. The maximum atomic E-state index is 11.9. The van der Waals surface area contributed by atoms with Crippen LogP contribution < -0.4 is 5.32 Å². The van der Waals surface area contributed by atoms with E-state index in [4.69, 9.17) is 5.11 Å². The zero-order valence-electron chi connectivity index (χ0n) is 9.64. The Balaban J connectivity index is 2.08. The molecule has 0 saturated heterocycles. The lowest BCUT2D eigenvalue weighted by molar-refractivity contribution is 0.0946. The highest BCUT2D eigenvalue weighted by Gasteiger charge is 2.10. The molecule has 0 spiro atoms. The maximum Gasteiger partial charge on any atom is 0.261 e.